The molecule has 312 valence electrons. The van der Waals surface area contributed by atoms with Crippen molar-refractivity contribution in [3.05, 3.63) is 132 Å². The molecule has 13 heteroatoms. The number of imidazole rings is 1. The van der Waals surface area contributed by atoms with Crippen molar-refractivity contribution in [2.45, 2.75) is 62.7 Å². The van der Waals surface area contributed by atoms with Gasteiger partial charge in [-0.2, -0.15) is 0 Å². The molecule has 0 bridgehead atoms. The maximum absolute atomic E-state index is 14.1. The number of hydrogen-bond acceptors (Lipinski definition) is 7. The number of aromatic amines is 1. The number of aromatic nitrogens is 2. The number of rotatable bonds is 13. The Balaban J connectivity index is 0.839. The summed E-state index contributed by atoms with van der Waals surface area (Å²) in [5.74, 6) is -0.422. The first-order valence-corrected chi connectivity index (χ1v) is 21.3. The number of H-pyrrole nitrogens is 1. The van der Waals surface area contributed by atoms with Crippen molar-refractivity contribution in [3.8, 4) is 22.4 Å². The van der Waals surface area contributed by atoms with Gasteiger partial charge in [0, 0.05) is 30.6 Å². The average Bonchev–Trinajstić information content (AvgIpc) is 4.24. The molecule has 2 aliphatic carbocycles. The minimum absolute atomic E-state index is 0.0121. The zero-order valence-corrected chi connectivity index (χ0v) is 33.8. The van der Waals surface area contributed by atoms with Crippen molar-refractivity contribution < 1.29 is 28.7 Å². The molecule has 2 saturated carbocycles. The fourth-order valence-electron chi connectivity index (χ4n) is 8.28. The van der Waals surface area contributed by atoms with Crippen LogP contribution < -0.4 is 16.0 Å². The van der Waals surface area contributed by atoms with Crippen molar-refractivity contribution in [1.82, 2.24) is 30.4 Å². The lowest BCUT2D eigenvalue weighted by molar-refractivity contribution is -0.149. The monoisotopic (exact) mass is 819 g/mol. The maximum atomic E-state index is 14.1. The molecule has 2 saturated heterocycles. The second-order valence-corrected chi connectivity index (χ2v) is 16.4. The zero-order valence-electron chi connectivity index (χ0n) is 33.8. The molecule has 5 amide bonds. The predicted octanol–water partition coefficient (Wildman–Crippen LogP) is 6.11. The van der Waals surface area contributed by atoms with E-state index in [9.17, 15) is 24.0 Å². The van der Waals surface area contributed by atoms with Crippen LogP contribution in [0.25, 0.3) is 22.4 Å². The first kappa shape index (κ1) is 39.8. The van der Waals surface area contributed by atoms with E-state index < -0.39 is 18.1 Å². The largest absolute Gasteiger partial charge is 0.377 e. The Kier molecular flexibility index (Phi) is 11.5. The van der Waals surface area contributed by atoms with Gasteiger partial charge >= 0.3 is 0 Å². The number of nitrogens with one attached hydrogen (secondary N) is 4. The standard InChI is InChI=1S/C48H49N7O6/c56-44(35-17-18-35)52-41(33-8-3-1-4-9-33)47(59)54-25-7-12-39(54)43-49-28-38(51-43)32-15-13-30(14-16-32)31-21-23-37(24-22-31)50-46(58)40-29-61-27-26-55(40)48(60)42(34-10-5-2-6-11-34)53-45(57)36-19-20-36/h1-6,8-11,13-16,21-24,28,35-36,39-42H,7,12,17-20,25-27,29H2,(H,49,51)(H,50,58)(H,52,56)(H,53,57)/t39-,40-,41+,42+/m0/s1. The fraction of sp³-hybridized carbons (Fsp3) is 0.333. The Morgan fingerprint density at radius 3 is 1.74 bits per heavy atom. The molecule has 0 radical (unpaired) electrons. The van der Waals surface area contributed by atoms with E-state index >= 15 is 0 Å². The molecular weight excluding hydrogens is 771 g/mol. The van der Waals surface area contributed by atoms with Gasteiger partial charge < -0.3 is 35.5 Å². The third kappa shape index (κ3) is 8.97. The van der Waals surface area contributed by atoms with Gasteiger partial charge in [-0.25, -0.2) is 4.98 Å². The highest BCUT2D eigenvalue weighted by Gasteiger charge is 2.41. The highest BCUT2D eigenvalue weighted by molar-refractivity contribution is 5.99. The van der Waals surface area contributed by atoms with E-state index in [-0.39, 0.29) is 60.6 Å². The van der Waals surface area contributed by atoms with Crippen molar-refractivity contribution >= 4 is 35.2 Å². The number of amides is 5. The summed E-state index contributed by atoms with van der Waals surface area (Å²) in [5, 5.41) is 8.94. The van der Waals surface area contributed by atoms with Crippen LogP contribution in [0.1, 0.15) is 73.6 Å². The summed E-state index contributed by atoms with van der Waals surface area (Å²) >= 11 is 0. The molecule has 4 N–H and O–H groups in total. The second-order valence-electron chi connectivity index (χ2n) is 16.4. The number of carbonyl (C=O) groups is 5. The summed E-state index contributed by atoms with van der Waals surface area (Å²) in [6, 6.07) is 31.4. The molecule has 9 rings (SSSR count). The van der Waals surface area contributed by atoms with Crippen LogP contribution in [0.4, 0.5) is 5.69 Å². The van der Waals surface area contributed by atoms with Crippen LogP contribution in [0.15, 0.2) is 115 Å². The smallest absolute Gasteiger partial charge is 0.250 e. The number of hydrogen-bond donors (Lipinski definition) is 4. The molecule has 4 aliphatic rings. The average molecular weight is 820 g/mol. The molecule has 0 unspecified atom stereocenters. The minimum Gasteiger partial charge on any atom is -0.377 e. The lowest BCUT2D eigenvalue weighted by Gasteiger charge is -2.37. The molecule has 2 aliphatic heterocycles. The molecule has 4 fully saturated rings. The third-order valence-corrected chi connectivity index (χ3v) is 12.1. The summed E-state index contributed by atoms with van der Waals surface area (Å²) in [6.45, 7) is 1.15. The highest BCUT2D eigenvalue weighted by atomic mass is 16.5. The number of anilines is 1. The fourth-order valence-corrected chi connectivity index (χ4v) is 8.28. The van der Waals surface area contributed by atoms with Gasteiger partial charge in [0.25, 0.3) is 5.91 Å². The van der Waals surface area contributed by atoms with Gasteiger partial charge in [0.2, 0.25) is 23.6 Å². The third-order valence-electron chi connectivity index (χ3n) is 12.1. The van der Waals surface area contributed by atoms with Gasteiger partial charge in [-0.3, -0.25) is 24.0 Å². The second kappa shape index (κ2) is 17.6. The van der Waals surface area contributed by atoms with Crippen LogP contribution in [-0.2, 0) is 28.7 Å². The lowest BCUT2D eigenvalue weighted by atomic mass is 10.0. The number of ether oxygens (including phenoxy) is 1. The number of morpholine rings is 1. The first-order valence-electron chi connectivity index (χ1n) is 21.3. The number of nitrogens with zero attached hydrogens (tertiary/aromatic N) is 3. The summed E-state index contributed by atoms with van der Waals surface area (Å²) in [5.41, 5.74) is 5.72. The Bertz CT molecular complexity index is 2380. The van der Waals surface area contributed by atoms with Crippen LogP contribution in [0.2, 0.25) is 0 Å². The maximum Gasteiger partial charge on any atom is 0.250 e. The van der Waals surface area contributed by atoms with E-state index in [2.05, 4.69) is 20.9 Å². The van der Waals surface area contributed by atoms with Crippen molar-refractivity contribution in [2.75, 3.05) is 31.6 Å². The lowest BCUT2D eigenvalue weighted by Crippen LogP contribution is -2.57. The first-order chi connectivity index (χ1) is 29.8. The quantitative estimate of drug-likeness (QED) is 0.111. The summed E-state index contributed by atoms with van der Waals surface area (Å²) in [6.07, 6.45) is 6.75. The Labute approximate surface area is 354 Å². The molecule has 4 aromatic carbocycles. The normalized spacial score (nSPS) is 19.7. The number of likely N-dealkylation sites (tertiary alicyclic amines) is 1. The summed E-state index contributed by atoms with van der Waals surface area (Å²) in [7, 11) is 0. The molecule has 1 aromatic heterocycles. The van der Waals surface area contributed by atoms with Gasteiger partial charge in [-0.05, 0) is 78.5 Å². The van der Waals surface area contributed by atoms with Crippen LogP contribution in [0, 0.1) is 11.8 Å². The van der Waals surface area contributed by atoms with Crippen molar-refractivity contribution in [2.24, 2.45) is 11.8 Å². The van der Waals surface area contributed by atoms with E-state index in [0.29, 0.717) is 30.2 Å². The molecule has 3 heterocycles. The van der Waals surface area contributed by atoms with Crippen LogP contribution >= 0.6 is 0 Å². The van der Waals surface area contributed by atoms with Gasteiger partial charge in [-0.1, -0.05) is 97.1 Å². The molecule has 5 aromatic rings. The van der Waals surface area contributed by atoms with Crippen molar-refractivity contribution in [1.29, 1.82) is 0 Å². The molecule has 61 heavy (non-hydrogen) atoms. The minimum atomic E-state index is -0.900. The van der Waals surface area contributed by atoms with Crippen molar-refractivity contribution in [3.63, 3.8) is 0 Å². The van der Waals surface area contributed by atoms with E-state index in [4.69, 9.17) is 9.72 Å². The summed E-state index contributed by atoms with van der Waals surface area (Å²) in [4.78, 5) is 79.0. The SMILES string of the molecule is O=C(N[C@@H](C(=O)N1CCOC[C@H]1C(=O)Nc1ccc(-c2ccc(-c3cnc([C@@H]4CCCN4C(=O)[C@H](NC(=O)C4CC4)c4ccccc4)[nH]3)cc2)cc1)c1ccccc1)C1CC1. The van der Waals surface area contributed by atoms with E-state index in [1.54, 1.807) is 6.20 Å². The molecule has 13 nitrogen and oxygen atoms in total. The summed E-state index contributed by atoms with van der Waals surface area (Å²) < 4.78 is 5.66. The Hall–Kier alpha value is -6.60. The molecule has 4 atom stereocenters. The predicted molar refractivity (Wildman–Crippen MR) is 228 cm³/mol. The number of carbonyl (C=O) groups excluding carboxylic acids is 5. The Morgan fingerprint density at radius 2 is 1.16 bits per heavy atom. The molecular formula is C48H49N7O6. The van der Waals surface area contributed by atoms with Crippen LogP contribution in [0.3, 0.4) is 0 Å². The van der Waals surface area contributed by atoms with E-state index in [1.807, 2.05) is 114 Å². The van der Waals surface area contributed by atoms with Gasteiger partial charge in [0.1, 0.15) is 23.9 Å². The van der Waals surface area contributed by atoms with Crippen LogP contribution in [0.5, 0.6) is 0 Å². The van der Waals surface area contributed by atoms with Gasteiger partial charge in [0.05, 0.1) is 31.1 Å². The number of benzene rings is 4. The highest BCUT2D eigenvalue weighted by Crippen LogP contribution is 2.36. The zero-order chi connectivity index (χ0) is 41.9. The van der Waals surface area contributed by atoms with Gasteiger partial charge in [0.15, 0.2) is 0 Å². The van der Waals surface area contributed by atoms with E-state index in [1.165, 1.54) is 4.90 Å². The Morgan fingerprint density at radius 1 is 0.623 bits per heavy atom. The topological polar surface area (TPSA) is 166 Å². The van der Waals surface area contributed by atoms with E-state index in [0.717, 1.165) is 66.5 Å². The molecule has 0 spiro atoms. The van der Waals surface area contributed by atoms with Crippen LogP contribution in [-0.4, -0.2) is 81.6 Å². The van der Waals surface area contributed by atoms with Gasteiger partial charge in [-0.15, -0.1) is 0 Å².